The minimum absolute atomic E-state index is 0. The quantitative estimate of drug-likeness (QED) is 0.0988. The topological polar surface area (TPSA) is 64.6 Å². The third-order valence-electron chi connectivity index (χ3n) is 18.9. The van der Waals surface area contributed by atoms with Gasteiger partial charge in [-0.25, -0.2) is 0 Å². The minimum Gasteiger partial charge on any atom is -0.399 e. The van der Waals surface area contributed by atoms with Crippen LogP contribution in [-0.4, -0.2) is 60.8 Å². The van der Waals surface area contributed by atoms with Crippen molar-refractivity contribution in [3.63, 3.8) is 0 Å². The normalized spacial score (nSPS) is 18.0. The molecular formula is C74H78B3Br4LiO7. The van der Waals surface area contributed by atoms with E-state index >= 15 is 0 Å². The molecule has 3 fully saturated rings. The Hall–Kier alpha value is -3.81. The molecule has 3 aliphatic heterocycles. The number of hydrogen-bond donors (Lipinski definition) is 0. The van der Waals surface area contributed by atoms with Gasteiger partial charge in [0.2, 0.25) is 0 Å². The molecule has 12 aromatic rings. The first-order valence-electron chi connectivity index (χ1n) is 30.5. The van der Waals surface area contributed by atoms with E-state index in [1.54, 1.807) is 0 Å². The van der Waals surface area contributed by atoms with E-state index in [0.717, 1.165) is 35.2 Å². The molecule has 89 heavy (non-hydrogen) atoms. The maximum Gasteiger partial charge on any atom is 1.00 e. The first-order valence-corrected chi connectivity index (χ1v) is 33.7. The summed E-state index contributed by atoms with van der Waals surface area (Å²) in [6, 6.07) is 52.2. The zero-order valence-electron chi connectivity index (χ0n) is 54.6. The molecule has 0 aromatic heterocycles. The fourth-order valence-electron chi connectivity index (χ4n) is 11.8. The van der Waals surface area contributed by atoms with E-state index in [-0.39, 0.29) is 58.1 Å². The summed E-state index contributed by atoms with van der Waals surface area (Å²) in [5.41, 5.74) is -0.274. The summed E-state index contributed by atoms with van der Waals surface area (Å²) in [7, 11) is -1.37. The van der Waals surface area contributed by atoms with Crippen LogP contribution in [0.15, 0.2) is 163 Å². The van der Waals surface area contributed by atoms with Gasteiger partial charge in [0, 0.05) is 23.5 Å². The number of benzene rings is 12. The second-order valence-electron chi connectivity index (χ2n) is 27.6. The van der Waals surface area contributed by atoms with E-state index < -0.39 is 21.6 Å². The zero-order chi connectivity index (χ0) is 63.4. The van der Waals surface area contributed by atoms with Gasteiger partial charge in [0.15, 0.2) is 0 Å². The Kier molecular flexibility index (Phi) is 19.2. The average molecular weight is 1440 g/mol. The van der Waals surface area contributed by atoms with Gasteiger partial charge in [-0.1, -0.05) is 198 Å². The Morgan fingerprint density at radius 1 is 0.348 bits per heavy atom. The zero-order valence-corrected chi connectivity index (χ0v) is 60.9. The van der Waals surface area contributed by atoms with Gasteiger partial charge >= 0.3 is 40.4 Å². The predicted octanol–water partition coefficient (Wildman–Crippen LogP) is 18.4. The average Bonchev–Trinajstić information content (AvgIpc) is 1.58. The standard InChI is InChI=1S/C28H32B2O4.2C16H8Br2.C10H21BO3.C4H9.Li/c1-25(2)26(3,4)32-29(31-25)21-15-11-17-10-14-20-22(30-33-27(5,6)28(7,8)34-30)16-12-18-9-13-19(21)23(17)24(18)20;17-13-8-4-10-2-6-12-14(18)7-3-9-1-5-11(13)16(10)15(9)12;17-13-7-3-9-1-2-10-4-8-14(18)12-6-5-11(13)15(9)16(10)12;1-8(2,3)12-11-13-9(4,5)10(6,7)14-11;1-3-4-2;/h9-16H,1-8H3;2*1-8H;1-7H3;1,3-4H2,2H3;/q;;;;-1;+1. The van der Waals surface area contributed by atoms with Crippen molar-refractivity contribution in [1.82, 2.24) is 0 Å². The number of hydrogen-bond acceptors (Lipinski definition) is 7. The molecule has 15 rings (SSSR count). The number of unbranched alkanes of at least 4 members (excludes halogenated alkanes) is 1. The molecule has 0 spiro atoms. The molecule has 0 unspecified atom stereocenters. The van der Waals surface area contributed by atoms with Crippen LogP contribution in [0.4, 0.5) is 0 Å². The van der Waals surface area contributed by atoms with Crippen LogP contribution in [0.5, 0.6) is 0 Å². The summed E-state index contributed by atoms with van der Waals surface area (Å²) in [5, 5.41) is 22.9. The van der Waals surface area contributed by atoms with Crippen molar-refractivity contribution in [2.45, 2.75) is 163 Å². The first-order chi connectivity index (χ1) is 41.3. The van der Waals surface area contributed by atoms with Crippen molar-refractivity contribution in [2.75, 3.05) is 0 Å². The maximum absolute atomic E-state index is 6.43. The van der Waals surface area contributed by atoms with Crippen molar-refractivity contribution in [2.24, 2.45) is 0 Å². The fourth-order valence-corrected chi connectivity index (χ4v) is 13.6. The monoisotopic (exact) mass is 1430 g/mol. The molecule has 3 saturated heterocycles. The van der Waals surface area contributed by atoms with E-state index in [1.807, 2.05) is 48.5 Å². The maximum atomic E-state index is 6.43. The molecule has 0 atom stereocenters. The van der Waals surface area contributed by atoms with E-state index in [1.165, 1.54) is 103 Å². The van der Waals surface area contributed by atoms with Gasteiger partial charge in [-0.3, -0.25) is 0 Å². The molecule has 0 N–H and O–H groups in total. The molecule has 7 nitrogen and oxygen atoms in total. The molecule has 0 radical (unpaired) electrons. The second-order valence-corrected chi connectivity index (χ2v) is 31.0. The Morgan fingerprint density at radius 3 is 0.809 bits per heavy atom. The SMILES string of the molecule is Brc1ccc2ccc3c(Br)ccc4ccc1c2c43.Brc1ccc2ccc3ccc(Br)c4ccc1c2c34.CC(C)(C)OB1OC(C)(C)C(C)(C)O1.CC1(C)OB(c2ccc3ccc4c(B5OC(C)(C)C(C)(C)O5)ccc5ccc2c3c54)OC1(C)C.[CH2-]CCC.[Li+]. The van der Waals surface area contributed by atoms with E-state index in [9.17, 15) is 0 Å². The molecular weight excluding hydrogens is 1360 g/mol. The van der Waals surface area contributed by atoms with Crippen LogP contribution < -0.4 is 29.8 Å². The van der Waals surface area contributed by atoms with Crippen LogP contribution in [0.1, 0.15) is 124 Å². The molecule has 3 heterocycles. The number of halogens is 4. The van der Waals surface area contributed by atoms with E-state index in [0.29, 0.717) is 0 Å². The van der Waals surface area contributed by atoms with Gasteiger partial charge in [0.05, 0.1) is 33.6 Å². The van der Waals surface area contributed by atoms with Crippen LogP contribution >= 0.6 is 63.7 Å². The van der Waals surface area contributed by atoms with Crippen LogP contribution in [0, 0.1) is 6.92 Å². The van der Waals surface area contributed by atoms with Crippen molar-refractivity contribution in [3.8, 4) is 0 Å². The van der Waals surface area contributed by atoms with Crippen molar-refractivity contribution in [3.05, 3.63) is 170 Å². The van der Waals surface area contributed by atoms with Crippen LogP contribution in [0.2, 0.25) is 0 Å². The van der Waals surface area contributed by atoms with E-state index in [2.05, 4.69) is 279 Å². The summed E-state index contributed by atoms with van der Waals surface area (Å²) >= 11 is 14.6. The third-order valence-corrected chi connectivity index (χ3v) is 21.7. The summed E-state index contributed by atoms with van der Waals surface area (Å²) in [5.74, 6) is 0. The Bertz CT molecular complexity index is 4160. The molecule has 12 aromatic carbocycles. The van der Waals surface area contributed by atoms with Crippen LogP contribution in [-0.2, 0) is 32.6 Å². The summed E-state index contributed by atoms with van der Waals surface area (Å²) in [6.07, 6.45) is 2.28. The van der Waals surface area contributed by atoms with Crippen molar-refractivity contribution >= 4 is 193 Å². The Labute approximate surface area is 572 Å². The summed E-state index contributed by atoms with van der Waals surface area (Å²) < 4.78 is 47.4. The number of rotatable bonds is 4. The van der Waals surface area contributed by atoms with Gasteiger partial charge in [-0.15, -0.1) is 0 Å². The van der Waals surface area contributed by atoms with Gasteiger partial charge in [-0.05, 0) is 236 Å². The van der Waals surface area contributed by atoms with Crippen molar-refractivity contribution in [1.29, 1.82) is 0 Å². The van der Waals surface area contributed by atoms with Gasteiger partial charge in [0.25, 0.3) is 0 Å². The van der Waals surface area contributed by atoms with Crippen LogP contribution in [0.3, 0.4) is 0 Å². The molecule has 15 heteroatoms. The Balaban J connectivity index is 0.000000136. The smallest absolute Gasteiger partial charge is 0.399 e. The van der Waals surface area contributed by atoms with Crippen LogP contribution in [0.25, 0.3) is 97.0 Å². The third kappa shape index (κ3) is 12.8. The molecule has 0 bridgehead atoms. The Morgan fingerprint density at radius 2 is 0.551 bits per heavy atom. The summed E-state index contributed by atoms with van der Waals surface area (Å²) in [4.78, 5) is 0. The molecule has 0 amide bonds. The molecule has 0 aliphatic carbocycles. The van der Waals surface area contributed by atoms with E-state index in [4.69, 9.17) is 32.6 Å². The molecule has 3 aliphatic rings. The molecule has 454 valence electrons. The minimum atomic E-state index is -0.556. The summed E-state index contributed by atoms with van der Waals surface area (Å²) in [6.45, 7) is 36.5. The fraction of sp³-hybridized carbons (Fsp3) is 0.338. The van der Waals surface area contributed by atoms with Gasteiger partial charge in [0.1, 0.15) is 0 Å². The van der Waals surface area contributed by atoms with Gasteiger partial charge < -0.3 is 39.5 Å². The second kappa shape index (κ2) is 25.2. The predicted molar refractivity (Wildman–Crippen MR) is 390 cm³/mol. The first kappa shape index (κ1) is 68.1. The van der Waals surface area contributed by atoms with Crippen molar-refractivity contribution < 1.29 is 51.4 Å². The molecule has 0 saturated carbocycles. The largest absolute Gasteiger partial charge is 1.00 e. The van der Waals surface area contributed by atoms with Gasteiger partial charge in [-0.2, -0.15) is 6.42 Å².